The van der Waals surface area contributed by atoms with Crippen LogP contribution in [0.1, 0.15) is 128 Å². The van der Waals surface area contributed by atoms with Crippen LogP contribution in [-0.2, 0) is 41.5 Å². The Labute approximate surface area is 326 Å². The zero-order chi connectivity index (χ0) is 33.6. The summed E-state index contributed by atoms with van der Waals surface area (Å²) in [7, 11) is 0. The van der Waals surface area contributed by atoms with Gasteiger partial charge >= 0.3 is 63.8 Å². The van der Waals surface area contributed by atoms with E-state index < -0.39 is 0 Å². The van der Waals surface area contributed by atoms with Gasteiger partial charge in [0, 0.05) is 0 Å². The second-order valence-corrected chi connectivity index (χ2v) is 18.4. The normalized spacial score (nSPS) is 25.6. The van der Waals surface area contributed by atoms with E-state index in [1.807, 2.05) is 6.07 Å². The summed E-state index contributed by atoms with van der Waals surface area (Å²) in [5, 5.41) is 0. The molecular formula is C46H56Cl2Zr-2. The van der Waals surface area contributed by atoms with Crippen molar-refractivity contribution in [3.8, 4) is 11.1 Å². The molecular weight excluding hydrogens is 715 g/mol. The fourth-order valence-corrected chi connectivity index (χ4v) is 10.1. The second kappa shape index (κ2) is 16.0. The molecule has 6 aliphatic rings. The first kappa shape index (κ1) is 40.2. The zero-order valence-corrected chi connectivity index (χ0v) is 35.1. The number of hydrogen-bond acceptors (Lipinski definition) is 0. The molecule has 4 bridgehead atoms. The third kappa shape index (κ3) is 9.48. The van der Waals surface area contributed by atoms with Crippen molar-refractivity contribution in [1.82, 2.24) is 0 Å². The summed E-state index contributed by atoms with van der Waals surface area (Å²) in [6.45, 7) is 18.1. The van der Waals surface area contributed by atoms with Crippen LogP contribution < -0.4 is 24.8 Å². The van der Waals surface area contributed by atoms with E-state index in [9.17, 15) is 0 Å². The van der Waals surface area contributed by atoms with Crippen LogP contribution in [0.25, 0.3) is 11.1 Å². The predicted molar refractivity (Wildman–Crippen MR) is 197 cm³/mol. The molecule has 49 heavy (non-hydrogen) atoms. The minimum absolute atomic E-state index is 0. The Balaban J connectivity index is 0.000000176. The van der Waals surface area contributed by atoms with Gasteiger partial charge in [0.15, 0.2) is 0 Å². The van der Waals surface area contributed by atoms with E-state index in [0.717, 1.165) is 24.2 Å². The van der Waals surface area contributed by atoms with E-state index in [-0.39, 0.29) is 35.6 Å². The van der Waals surface area contributed by atoms with Crippen molar-refractivity contribution in [2.24, 2.45) is 29.1 Å². The Morgan fingerprint density at radius 3 is 1.88 bits per heavy atom. The standard InChI is InChI=1S/C21H25.C18H25.C7H6.2ClH.Zr/c1-20(2,3)16-7-9-18-14(12-16)11-15-13-17(21(4,5)6)8-10-19(15)18;1-12-3-13(2)17(4-12)11-18-8-14-5-15(9-18)7-16(6-14)10-18;1-7-5-3-2-4-6-7;;;/h7-10,12H,11H2,1-6H3;4,12,14-16H,5-11H2,1-2H3;1-6H;2*1H;/q2*-1;;;;+2/p-2. The van der Waals surface area contributed by atoms with Crippen LogP contribution in [0.4, 0.5) is 0 Å². The fraction of sp³-hybridized carbons (Fsp3) is 0.500. The maximum absolute atomic E-state index is 3.67. The molecule has 1 atom stereocenters. The summed E-state index contributed by atoms with van der Waals surface area (Å²) >= 11 is 1.46. The van der Waals surface area contributed by atoms with E-state index in [2.05, 4.69) is 132 Å². The predicted octanol–water partition coefficient (Wildman–Crippen LogP) is 5.96. The van der Waals surface area contributed by atoms with E-state index in [0.29, 0.717) is 11.3 Å². The van der Waals surface area contributed by atoms with Gasteiger partial charge in [0.05, 0.1) is 0 Å². The van der Waals surface area contributed by atoms with Crippen LogP contribution in [0.15, 0.2) is 77.9 Å². The van der Waals surface area contributed by atoms with Gasteiger partial charge in [-0.15, -0.1) is 11.1 Å². The Hall–Kier alpha value is -1.53. The van der Waals surface area contributed by atoms with Crippen LogP contribution in [-0.4, -0.2) is 3.71 Å². The average molecular weight is 771 g/mol. The summed E-state index contributed by atoms with van der Waals surface area (Å²) in [6.07, 6.45) is 17.8. The summed E-state index contributed by atoms with van der Waals surface area (Å²) in [5.41, 5.74) is 13.8. The van der Waals surface area contributed by atoms with Crippen molar-refractivity contribution in [1.29, 1.82) is 0 Å². The topological polar surface area (TPSA) is 0 Å². The van der Waals surface area contributed by atoms with E-state index >= 15 is 0 Å². The van der Waals surface area contributed by atoms with Crippen LogP contribution in [0.5, 0.6) is 0 Å². The van der Waals surface area contributed by atoms with Gasteiger partial charge in [-0.3, -0.25) is 6.08 Å². The molecule has 0 N–H and O–H groups in total. The fourth-order valence-electron chi connectivity index (χ4n) is 9.58. The summed E-state index contributed by atoms with van der Waals surface area (Å²) < 4.78 is 2.17. The number of rotatable bonds is 3. The Kier molecular flexibility index (Phi) is 13.2. The molecule has 3 heteroatoms. The summed E-state index contributed by atoms with van der Waals surface area (Å²) in [5.74, 6) is 3.82. The molecule has 0 aromatic heterocycles. The number of halogens is 2. The first-order chi connectivity index (χ1) is 22.2. The van der Waals surface area contributed by atoms with Crippen molar-refractivity contribution >= 4 is 3.71 Å². The van der Waals surface area contributed by atoms with Gasteiger partial charge in [0.1, 0.15) is 0 Å². The number of allylic oxidation sites excluding steroid dienone is 4. The molecule has 0 nitrogen and oxygen atoms in total. The zero-order valence-electron chi connectivity index (χ0n) is 31.2. The third-order valence-electron chi connectivity index (χ3n) is 11.5. The van der Waals surface area contributed by atoms with E-state index in [1.54, 1.807) is 44.1 Å². The molecule has 0 saturated heterocycles. The van der Waals surface area contributed by atoms with Gasteiger partial charge in [-0.1, -0.05) is 91.5 Å². The molecule has 260 valence electrons. The molecule has 0 aliphatic heterocycles. The van der Waals surface area contributed by atoms with Crippen molar-refractivity contribution in [2.75, 3.05) is 0 Å². The molecule has 0 spiro atoms. The molecule has 0 amide bonds. The van der Waals surface area contributed by atoms with Gasteiger partial charge in [-0.25, -0.2) is 5.57 Å². The maximum atomic E-state index is 3.67. The molecule has 0 heterocycles. The Morgan fingerprint density at radius 1 is 0.796 bits per heavy atom. The third-order valence-corrected chi connectivity index (χ3v) is 12.4. The first-order valence-electron chi connectivity index (χ1n) is 18.3. The van der Waals surface area contributed by atoms with Gasteiger partial charge < -0.3 is 24.8 Å². The molecule has 4 saturated carbocycles. The van der Waals surface area contributed by atoms with Gasteiger partial charge in [-0.2, -0.15) is 35.4 Å². The number of hydrogen-bond donors (Lipinski definition) is 0. The van der Waals surface area contributed by atoms with Crippen molar-refractivity contribution in [3.05, 3.63) is 118 Å². The monoisotopic (exact) mass is 768 g/mol. The molecule has 6 aliphatic carbocycles. The van der Waals surface area contributed by atoms with Crippen LogP contribution in [0.2, 0.25) is 0 Å². The Bertz CT molecular complexity index is 1570. The van der Waals surface area contributed by atoms with Gasteiger partial charge in [-0.05, 0) is 90.1 Å². The second-order valence-electron chi connectivity index (χ2n) is 17.7. The van der Waals surface area contributed by atoms with Crippen LogP contribution >= 0.6 is 0 Å². The molecule has 3 aromatic rings. The van der Waals surface area contributed by atoms with E-state index in [4.69, 9.17) is 0 Å². The molecule has 3 aromatic carbocycles. The summed E-state index contributed by atoms with van der Waals surface area (Å²) in [6, 6.07) is 25.5. The molecule has 0 radical (unpaired) electrons. The number of benzene rings is 3. The van der Waals surface area contributed by atoms with Gasteiger partial charge in [0.2, 0.25) is 0 Å². The quantitative estimate of drug-likeness (QED) is 0.226. The van der Waals surface area contributed by atoms with Crippen molar-refractivity contribution in [2.45, 2.75) is 118 Å². The van der Waals surface area contributed by atoms with Crippen molar-refractivity contribution in [3.63, 3.8) is 0 Å². The molecule has 4 fully saturated rings. The molecule has 9 rings (SSSR count). The van der Waals surface area contributed by atoms with E-state index in [1.165, 1.54) is 75.2 Å². The Morgan fingerprint density at radius 2 is 1.39 bits per heavy atom. The number of fused-ring (bicyclic) bond motifs is 3. The van der Waals surface area contributed by atoms with Crippen molar-refractivity contribution < 1.29 is 49.0 Å². The SMILES string of the molecule is CC(C)(C)c1[c-]c2c(cc1)-c1ccc(C(C)(C)C)cc1C2.CC1=[C-]C(C)C=C1CC12CC3CC(CC(C3)C1)C2.[Cl-].[Cl-].[Zr+2]=[CH]c1ccccc1. The average Bonchev–Trinajstić information content (AvgIpc) is 3.53. The minimum atomic E-state index is 0. The first-order valence-corrected chi connectivity index (χ1v) is 19.7. The van der Waals surface area contributed by atoms with Gasteiger partial charge in [0.25, 0.3) is 0 Å². The molecule has 1 unspecified atom stereocenters. The van der Waals surface area contributed by atoms with Crippen LogP contribution in [0.3, 0.4) is 0 Å². The summed E-state index contributed by atoms with van der Waals surface area (Å²) in [4.78, 5) is 0. The van der Waals surface area contributed by atoms with Crippen LogP contribution in [0, 0.1) is 41.2 Å².